The molecule has 3 aromatic rings. The second kappa shape index (κ2) is 9.25. The van der Waals surface area contributed by atoms with Crippen molar-refractivity contribution in [1.82, 2.24) is 4.72 Å². The van der Waals surface area contributed by atoms with Crippen molar-refractivity contribution >= 4 is 31.2 Å². The summed E-state index contributed by atoms with van der Waals surface area (Å²) in [6.45, 7) is 1.86. The van der Waals surface area contributed by atoms with Gasteiger partial charge in [-0.2, -0.15) is 0 Å². The van der Waals surface area contributed by atoms with Crippen LogP contribution in [-0.2, 0) is 19.9 Å². The standard InChI is InChI=1S/C20H20FNO5S3/c1-2-27-17-9-11-18(12-10-17)30(25,26)22-14-19(15-5-7-16(21)8-6-15)29(23,24)20-4-3-13-28-20/h3-13,19,22H,2,14H2,1H3. The normalized spacial score (nSPS) is 13.1. The van der Waals surface area contributed by atoms with Gasteiger partial charge in [0.05, 0.1) is 11.5 Å². The number of thiophene rings is 1. The summed E-state index contributed by atoms with van der Waals surface area (Å²) in [5.74, 6) is 0.0157. The molecule has 1 N–H and O–H groups in total. The minimum atomic E-state index is -3.97. The number of sulfone groups is 1. The van der Waals surface area contributed by atoms with E-state index in [1.54, 1.807) is 11.4 Å². The van der Waals surface area contributed by atoms with Crippen LogP contribution in [0.1, 0.15) is 17.7 Å². The van der Waals surface area contributed by atoms with Gasteiger partial charge in [0, 0.05) is 6.54 Å². The molecule has 6 nitrogen and oxygen atoms in total. The zero-order chi connectivity index (χ0) is 21.8. The first-order valence-electron chi connectivity index (χ1n) is 8.99. The molecule has 0 aliphatic heterocycles. The molecule has 0 aliphatic rings. The van der Waals surface area contributed by atoms with Gasteiger partial charge in [-0.15, -0.1) is 11.3 Å². The van der Waals surface area contributed by atoms with Crippen LogP contribution in [0.15, 0.2) is 75.1 Å². The van der Waals surface area contributed by atoms with Crippen LogP contribution in [0.2, 0.25) is 0 Å². The number of hydrogen-bond donors (Lipinski definition) is 1. The van der Waals surface area contributed by atoms with Gasteiger partial charge in [-0.1, -0.05) is 18.2 Å². The number of hydrogen-bond acceptors (Lipinski definition) is 6. The van der Waals surface area contributed by atoms with Gasteiger partial charge in [0.25, 0.3) is 0 Å². The van der Waals surface area contributed by atoms with Gasteiger partial charge >= 0.3 is 0 Å². The topological polar surface area (TPSA) is 89.5 Å². The summed E-state index contributed by atoms with van der Waals surface area (Å²) < 4.78 is 72.7. The lowest BCUT2D eigenvalue weighted by molar-refractivity contribution is 0.340. The number of rotatable bonds is 9. The lowest BCUT2D eigenvalue weighted by Crippen LogP contribution is -2.31. The molecule has 10 heteroatoms. The van der Waals surface area contributed by atoms with Crippen LogP contribution < -0.4 is 9.46 Å². The Morgan fingerprint density at radius 1 is 1.00 bits per heavy atom. The molecule has 0 saturated heterocycles. The highest BCUT2D eigenvalue weighted by atomic mass is 32.2. The summed E-state index contributed by atoms with van der Waals surface area (Å²) in [6.07, 6.45) is 0. The minimum Gasteiger partial charge on any atom is -0.494 e. The van der Waals surface area contributed by atoms with Crippen molar-refractivity contribution in [2.45, 2.75) is 21.3 Å². The van der Waals surface area contributed by atoms with E-state index in [-0.39, 0.29) is 9.10 Å². The lowest BCUT2D eigenvalue weighted by Gasteiger charge is -2.18. The van der Waals surface area contributed by atoms with E-state index >= 15 is 0 Å². The SMILES string of the molecule is CCOc1ccc(S(=O)(=O)NCC(c2ccc(F)cc2)S(=O)(=O)c2cccs2)cc1. The molecule has 160 valence electrons. The Balaban J connectivity index is 1.89. The smallest absolute Gasteiger partial charge is 0.240 e. The molecule has 1 atom stereocenters. The minimum absolute atomic E-state index is 0.0164. The number of halogens is 1. The van der Waals surface area contributed by atoms with Gasteiger partial charge in [-0.25, -0.2) is 25.9 Å². The summed E-state index contributed by atoms with van der Waals surface area (Å²) in [6, 6.07) is 13.9. The first-order chi connectivity index (χ1) is 14.2. The molecule has 0 bridgehead atoms. The zero-order valence-corrected chi connectivity index (χ0v) is 18.4. The molecule has 2 aromatic carbocycles. The van der Waals surface area contributed by atoms with Crippen LogP contribution in [0.5, 0.6) is 5.75 Å². The molecule has 0 amide bonds. The highest BCUT2D eigenvalue weighted by Crippen LogP contribution is 2.31. The summed E-state index contributed by atoms with van der Waals surface area (Å²) in [7, 11) is -7.87. The first kappa shape index (κ1) is 22.4. The largest absolute Gasteiger partial charge is 0.494 e. The molecule has 1 heterocycles. The molecular formula is C20H20FNO5S3. The van der Waals surface area contributed by atoms with Crippen molar-refractivity contribution in [2.24, 2.45) is 0 Å². The molecule has 3 rings (SSSR count). The molecular weight excluding hydrogens is 449 g/mol. The van der Waals surface area contributed by atoms with Crippen LogP contribution >= 0.6 is 11.3 Å². The monoisotopic (exact) mass is 469 g/mol. The molecule has 30 heavy (non-hydrogen) atoms. The summed E-state index contributed by atoms with van der Waals surface area (Å²) in [5, 5.41) is 0.410. The molecule has 1 aromatic heterocycles. The van der Waals surface area contributed by atoms with Crippen molar-refractivity contribution in [2.75, 3.05) is 13.2 Å². The fraction of sp³-hybridized carbons (Fsp3) is 0.200. The predicted molar refractivity (Wildman–Crippen MR) is 113 cm³/mol. The van der Waals surface area contributed by atoms with Gasteiger partial charge in [0.2, 0.25) is 10.0 Å². The highest BCUT2D eigenvalue weighted by Gasteiger charge is 2.31. The van der Waals surface area contributed by atoms with E-state index in [1.807, 2.05) is 6.92 Å². The van der Waals surface area contributed by atoms with E-state index in [2.05, 4.69) is 4.72 Å². The van der Waals surface area contributed by atoms with Gasteiger partial charge in [-0.05, 0) is 60.3 Å². The predicted octanol–water partition coefficient (Wildman–Crippen LogP) is 3.78. The molecule has 1 unspecified atom stereocenters. The third-order valence-corrected chi connectivity index (χ3v) is 9.27. The highest BCUT2D eigenvalue weighted by molar-refractivity contribution is 7.93. The maximum Gasteiger partial charge on any atom is 0.240 e. The van der Waals surface area contributed by atoms with Crippen LogP contribution in [-0.4, -0.2) is 30.0 Å². The summed E-state index contributed by atoms with van der Waals surface area (Å²) in [4.78, 5) is -0.0164. The van der Waals surface area contributed by atoms with Gasteiger partial charge < -0.3 is 4.74 Å². The Kier molecular flexibility index (Phi) is 6.91. The summed E-state index contributed by atoms with van der Waals surface area (Å²) >= 11 is 1.04. The molecule has 0 aliphatic carbocycles. The average molecular weight is 470 g/mol. The molecule has 0 fully saturated rings. The van der Waals surface area contributed by atoms with Crippen molar-refractivity contribution in [3.05, 3.63) is 77.4 Å². The van der Waals surface area contributed by atoms with E-state index in [0.717, 1.165) is 23.5 Å². The Labute approximate surface area is 179 Å². The zero-order valence-electron chi connectivity index (χ0n) is 16.0. The molecule has 0 spiro atoms. The second-order valence-corrected chi connectivity index (χ2v) is 11.3. The first-order valence-corrected chi connectivity index (χ1v) is 12.9. The fourth-order valence-corrected chi connectivity index (χ4v) is 6.82. The van der Waals surface area contributed by atoms with E-state index < -0.39 is 37.5 Å². The van der Waals surface area contributed by atoms with E-state index in [9.17, 15) is 21.2 Å². The maximum atomic E-state index is 13.3. The van der Waals surface area contributed by atoms with Gasteiger partial charge in [-0.3, -0.25) is 0 Å². The molecule has 0 radical (unpaired) electrons. The molecule has 0 saturated carbocycles. The van der Waals surface area contributed by atoms with Crippen LogP contribution in [0.4, 0.5) is 4.39 Å². The van der Waals surface area contributed by atoms with E-state index in [1.165, 1.54) is 42.5 Å². The Morgan fingerprint density at radius 2 is 1.67 bits per heavy atom. The Bertz CT molecular complexity index is 1170. The third kappa shape index (κ3) is 5.07. The second-order valence-electron chi connectivity index (χ2n) is 6.27. The van der Waals surface area contributed by atoms with Crippen molar-refractivity contribution in [1.29, 1.82) is 0 Å². The number of sulfonamides is 1. The third-order valence-electron chi connectivity index (χ3n) is 4.30. The Hall–Kier alpha value is -2.27. The van der Waals surface area contributed by atoms with Crippen LogP contribution in [0.3, 0.4) is 0 Å². The number of benzene rings is 2. The number of ether oxygens (including phenoxy) is 1. The quantitative estimate of drug-likeness (QED) is 0.515. The maximum absolute atomic E-state index is 13.3. The lowest BCUT2D eigenvalue weighted by atomic mass is 10.1. The van der Waals surface area contributed by atoms with Crippen molar-refractivity contribution in [3.63, 3.8) is 0 Å². The average Bonchev–Trinajstić information content (AvgIpc) is 3.26. The van der Waals surface area contributed by atoms with E-state index in [4.69, 9.17) is 4.74 Å². The van der Waals surface area contributed by atoms with Crippen LogP contribution in [0.25, 0.3) is 0 Å². The van der Waals surface area contributed by atoms with Gasteiger partial charge in [0.15, 0.2) is 9.84 Å². The number of nitrogens with one attached hydrogen (secondary N) is 1. The fourth-order valence-electron chi connectivity index (χ4n) is 2.80. The Morgan fingerprint density at radius 3 is 2.23 bits per heavy atom. The van der Waals surface area contributed by atoms with Crippen molar-refractivity contribution in [3.8, 4) is 5.75 Å². The van der Waals surface area contributed by atoms with E-state index in [0.29, 0.717) is 17.9 Å². The van der Waals surface area contributed by atoms with Gasteiger partial charge in [0.1, 0.15) is 21.0 Å². The van der Waals surface area contributed by atoms with Crippen LogP contribution in [0, 0.1) is 5.82 Å². The summed E-state index contributed by atoms with van der Waals surface area (Å²) in [5.41, 5.74) is 0.291. The van der Waals surface area contributed by atoms with Crippen molar-refractivity contribution < 1.29 is 26.0 Å².